The minimum absolute atomic E-state index is 0.345. The van der Waals surface area contributed by atoms with E-state index in [1.165, 1.54) is 24.8 Å². The first-order valence-electron chi connectivity index (χ1n) is 5.24. The summed E-state index contributed by atoms with van der Waals surface area (Å²) < 4.78 is 0. The predicted molar refractivity (Wildman–Crippen MR) is 58.3 cm³/mol. The topological polar surface area (TPSA) is 0 Å². The molecule has 0 aromatic heterocycles. The Hall–Kier alpha value is -0.700. The first-order valence-corrected chi connectivity index (χ1v) is 5.24. The van der Waals surface area contributed by atoms with E-state index >= 15 is 0 Å². The van der Waals surface area contributed by atoms with Crippen LogP contribution in [0.2, 0.25) is 0 Å². The molecular formula is C13H20. The predicted octanol–water partition coefficient (Wildman–Crippen LogP) is 3.78. The molecule has 0 spiro atoms. The van der Waals surface area contributed by atoms with Crippen LogP contribution >= 0.6 is 0 Å². The summed E-state index contributed by atoms with van der Waals surface area (Å²) in [5.41, 5.74) is 1.69. The maximum Gasteiger partial charge on any atom is 0.0460 e. The second-order valence-electron chi connectivity index (χ2n) is 4.61. The zero-order valence-corrected chi connectivity index (χ0v) is 9.11. The Morgan fingerprint density at radius 3 is 2.77 bits per heavy atom. The molecule has 13 heavy (non-hydrogen) atoms. The van der Waals surface area contributed by atoms with Gasteiger partial charge in [-0.2, -0.15) is 0 Å². The van der Waals surface area contributed by atoms with Gasteiger partial charge in [-0.3, -0.25) is 0 Å². The van der Waals surface area contributed by atoms with Crippen LogP contribution in [-0.2, 0) is 0 Å². The summed E-state index contributed by atoms with van der Waals surface area (Å²) in [7, 11) is 0. The zero-order valence-electron chi connectivity index (χ0n) is 9.11. The van der Waals surface area contributed by atoms with Crippen LogP contribution in [0, 0.1) is 23.2 Å². The molecule has 0 bridgehead atoms. The molecule has 0 amide bonds. The molecular weight excluding hydrogens is 156 g/mol. The normalized spacial score (nSPS) is 26.4. The Bertz CT molecular complexity index is 247. The third kappa shape index (κ3) is 2.37. The minimum Gasteiger partial charge on any atom is -0.103 e. The fourth-order valence-electron chi connectivity index (χ4n) is 2.11. The third-order valence-electron chi connectivity index (χ3n) is 2.93. The first kappa shape index (κ1) is 10.4. The van der Waals surface area contributed by atoms with E-state index in [0.29, 0.717) is 11.3 Å². The molecule has 0 aromatic carbocycles. The van der Waals surface area contributed by atoms with E-state index in [2.05, 4.69) is 39.2 Å². The lowest BCUT2D eigenvalue weighted by atomic mass is 9.67. The Labute approximate surface area is 82.4 Å². The smallest absolute Gasteiger partial charge is 0.0460 e. The van der Waals surface area contributed by atoms with Crippen LogP contribution in [-0.4, -0.2) is 0 Å². The van der Waals surface area contributed by atoms with E-state index < -0.39 is 0 Å². The highest BCUT2D eigenvalue weighted by Gasteiger charge is 2.33. The van der Waals surface area contributed by atoms with Gasteiger partial charge in [-0.25, -0.2) is 0 Å². The molecule has 0 nitrogen and oxygen atoms in total. The fraction of sp³-hybridized carbons (Fsp3) is 0.692. The Morgan fingerprint density at radius 1 is 1.54 bits per heavy atom. The fourth-order valence-corrected chi connectivity index (χ4v) is 2.11. The quantitative estimate of drug-likeness (QED) is 0.389. The standard InChI is InChI=1S/C13H20/c1-5-6-9-12-11(2)8-7-10-13(12,3)4/h12H,2,5,7-8,10H2,1,3-4H3. The molecule has 0 heterocycles. The van der Waals surface area contributed by atoms with Gasteiger partial charge in [-0.05, 0) is 24.7 Å². The maximum atomic E-state index is 4.14. The van der Waals surface area contributed by atoms with Gasteiger partial charge in [0.15, 0.2) is 0 Å². The second kappa shape index (κ2) is 4.01. The molecule has 0 aliphatic heterocycles. The largest absolute Gasteiger partial charge is 0.103 e. The van der Waals surface area contributed by atoms with Crippen LogP contribution in [0.3, 0.4) is 0 Å². The monoisotopic (exact) mass is 176 g/mol. The lowest BCUT2D eigenvalue weighted by Gasteiger charge is -2.37. The van der Waals surface area contributed by atoms with Crippen molar-refractivity contribution in [3.05, 3.63) is 12.2 Å². The van der Waals surface area contributed by atoms with Gasteiger partial charge in [0.05, 0.1) is 0 Å². The molecule has 1 fully saturated rings. The molecule has 1 aliphatic rings. The minimum atomic E-state index is 0.345. The summed E-state index contributed by atoms with van der Waals surface area (Å²) in [4.78, 5) is 0. The van der Waals surface area contributed by atoms with Gasteiger partial charge >= 0.3 is 0 Å². The van der Waals surface area contributed by atoms with Gasteiger partial charge in [0.25, 0.3) is 0 Å². The van der Waals surface area contributed by atoms with Crippen LogP contribution < -0.4 is 0 Å². The van der Waals surface area contributed by atoms with Gasteiger partial charge in [-0.15, -0.1) is 5.92 Å². The van der Waals surface area contributed by atoms with Gasteiger partial charge in [-0.1, -0.05) is 38.8 Å². The summed E-state index contributed by atoms with van der Waals surface area (Å²) in [6, 6.07) is 0. The molecule has 1 saturated carbocycles. The number of hydrogen-bond acceptors (Lipinski definition) is 0. The van der Waals surface area contributed by atoms with E-state index in [1.54, 1.807) is 0 Å². The van der Waals surface area contributed by atoms with Crippen molar-refractivity contribution in [2.45, 2.75) is 46.5 Å². The SMILES string of the molecule is C=C1CCCC(C)(C)C1C#CCC. The molecule has 0 saturated heterocycles. The number of allylic oxidation sites excluding steroid dienone is 1. The van der Waals surface area contributed by atoms with E-state index in [-0.39, 0.29) is 0 Å². The van der Waals surface area contributed by atoms with Gasteiger partial charge in [0.1, 0.15) is 0 Å². The molecule has 0 aromatic rings. The third-order valence-corrected chi connectivity index (χ3v) is 2.93. The summed E-state index contributed by atoms with van der Waals surface area (Å²) >= 11 is 0. The number of rotatable bonds is 0. The molecule has 1 unspecified atom stereocenters. The molecule has 1 atom stereocenters. The average Bonchev–Trinajstić information content (AvgIpc) is 2.02. The van der Waals surface area contributed by atoms with Crippen molar-refractivity contribution in [2.75, 3.05) is 0 Å². The van der Waals surface area contributed by atoms with Crippen molar-refractivity contribution >= 4 is 0 Å². The van der Waals surface area contributed by atoms with Crippen molar-refractivity contribution in [3.8, 4) is 11.8 Å². The van der Waals surface area contributed by atoms with Crippen LogP contribution in [0.1, 0.15) is 46.5 Å². The van der Waals surface area contributed by atoms with Crippen LogP contribution in [0.25, 0.3) is 0 Å². The number of hydrogen-bond donors (Lipinski definition) is 0. The van der Waals surface area contributed by atoms with E-state index in [4.69, 9.17) is 0 Å². The molecule has 1 aliphatic carbocycles. The van der Waals surface area contributed by atoms with Crippen LogP contribution in [0.15, 0.2) is 12.2 Å². The lowest BCUT2D eigenvalue weighted by molar-refractivity contribution is 0.235. The average molecular weight is 176 g/mol. The first-order chi connectivity index (χ1) is 6.08. The summed E-state index contributed by atoms with van der Waals surface area (Å²) in [6.07, 6.45) is 4.71. The van der Waals surface area contributed by atoms with Crippen molar-refractivity contribution in [1.82, 2.24) is 0 Å². The highest BCUT2D eigenvalue weighted by atomic mass is 14.4. The Balaban J connectivity index is 2.81. The zero-order chi connectivity index (χ0) is 9.90. The van der Waals surface area contributed by atoms with Gasteiger partial charge < -0.3 is 0 Å². The Morgan fingerprint density at radius 2 is 2.23 bits per heavy atom. The van der Waals surface area contributed by atoms with Gasteiger partial charge in [0.2, 0.25) is 0 Å². The van der Waals surface area contributed by atoms with E-state index in [0.717, 1.165) is 6.42 Å². The highest BCUT2D eigenvalue weighted by Crippen LogP contribution is 2.42. The molecule has 0 radical (unpaired) electrons. The maximum absolute atomic E-state index is 4.14. The van der Waals surface area contributed by atoms with Crippen molar-refractivity contribution in [3.63, 3.8) is 0 Å². The van der Waals surface area contributed by atoms with Crippen molar-refractivity contribution in [1.29, 1.82) is 0 Å². The van der Waals surface area contributed by atoms with Crippen molar-refractivity contribution in [2.24, 2.45) is 11.3 Å². The summed E-state index contributed by atoms with van der Waals surface area (Å²) in [5, 5.41) is 0. The van der Waals surface area contributed by atoms with E-state index in [9.17, 15) is 0 Å². The van der Waals surface area contributed by atoms with Crippen molar-refractivity contribution < 1.29 is 0 Å². The summed E-state index contributed by atoms with van der Waals surface area (Å²) in [6.45, 7) is 10.9. The van der Waals surface area contributed by atoms with E-state index in [1.807, 2.05) is 0 Å². The summed E-state index contributed by atoms with van der Waals surface area (Å²) in [5.74, 6) is 6.99. The molecule has 0 N–H and O–H groups in total. The second-order valence-corrected chi connectivity index (χ2v) is 4.61. The van der Waals surface area contributed by atoms with Crippen LogP contribution in [0.5, 0.6) is 0 Å². The molecule has 72 valence electrons. The lowest BCUT2D eigenvalue weighted by Crippen LogP contribution is -2.28. The molecule has 1 rings (SSSR count). The molecule has 0 heteroatoms. The van der Waals surface area contributed by atoms with Crippen LogP contribution in [0.4, 0.5) is 0 Å². The van der Waals surface area contributed by atoms with Gasteiger partial charge in [0, 0.05) is 12.3 Å². The Kier molecular flexibility index (Phi) is 3.20. The highest BCUT2D eigenvalue weighted by molar-refractivity contribution is 5.22.